The minimum atomic E-state index is -0.366. The number of halogens is 1. The van der Waals surface area contributed by atoms with Crippen LogP contribution in [0.5, 0.6) is 0 Å². The molecule has 0 saturated carbocycles. The van der Waals surface area contributed by atoms with Gasteiger partial charge in [-0.25, -0.2) is 14.8 Å². The number of pyridine rings is 1. The van der Waals surface area contributed by atoms with Crippen molar-refractivity contribution in [3.8, 4) is 0 Å². The lowest BCUT2D eigenvalue weighted by Gasteiger charge is -2.03. The zero-order chi connectivity index (χ0) is 15.7. The lowest BCUT2D eigenvalue weighted by Crippen LogP contribution is -2.05. The molecule has 0 fully saturated rings. The number of hydrogen-bond acceptors (Lipinski definition) is 4. The maximum atomic E-state index is 12.9. The molecule has 6 heteroatoms. The van der Waals surface area contributed by atoms with Gasteiger partial charge in [-0.1, -0.05) is 6.07 Å². The van der Waals surface area contributed by atoms with Gasteiger partial charge in [0.25, 0.3) is 0 Å². The second-order valence-electron chi connectivity index (χ2n) is 5.16. The van der Waals surface area contributed by atoms with Gasteiger partial charge in [0.15, 0.2) is 0 Å². The van der Waals surface area contributed by atoms with Crippen LogP contribution in [0.4, 0.5) is 10.3 Å². The molecule has 2 heterocycles. The van der Waals surface area contributed by atoms with Gasteiger partial charge in [-0.15, -0.1) is 0 Å². The van der Waals surface area contributed by atoms with E-state index in [-0.39, 0.29) is 5.82 Å². The fourth-order valence-corrected chi connectivity index (χ4v) is 2.19. The molecular formula is C16H16FN5. The van der Waals surface area contributed by atoms with E-state index in [1.165, 1.54) is 12.3 Å². The highest BCUT2D eigenvalue weighted by Gasteiger charge is 2.07. The number of hydrazone groups is 1. The Kier molecular flexibility index (Phi) is 3.58. The van der Waals surface area contributed by atoms with Crippen LogP contribution in [0, 0.1) is 12.7 Å². The van der Waals surface area contributed by atoms with Crippen LogP contribution >= 0.6 is 0 Å². The molecule has 0 unspecified atom stereocenters. The van der Waals surface area contributed by atoms with E-state index in [0.717, 1.165) is 16.6 Å². The van der Waals surface area contributed by atoms with Gasteiger partial charge in [-0.05, 0) is 43.7 Å². The fraction of sp³-hybridized carbons (Fsp3) is 0.188. The van der Waals surface area contributed by atoms with Crippen molar-refractivity contribution in [2.75, 3.05) is 5.43 Å². The van der Waals surface area contributed by atoms with Gasteiger partial charge >= 0.3 is 0 Å². The molecule has 112 valence electrons. The van der Waals surface area contributed by atoms with Crippen LogP contribution < -0.4 is 5.43 Å². The van der Waals surface area contributed by atoms with E-state index in [0.29, 0.717) is 17.4 Å². The molecule has 2 aromatic heterocycles. The molecule has 0 saturated heterocycles. The Labute approximate surface area is 127 Å². The molecule has 0 aliphatic carbocycles. The fourth-order valence-electron chi connectivity index (χ4n) is 2.19. The molecule has 0 atom stereocenters. The highest BCUT2D eigenvalue weighted by molar-refractivity contribution is 5.97. The molecule has 0 amide bonds. The Hall–Kier alpha value is -2.76. The second-order valence-corrected chi connectivity index (χ2v) is 5.16. The summed E-state index contributed by atoms with van der Waals surface area (Å²) in [6.07, 6.45) is 1.17. The summed E-state index contributed by atoms with van der Waals surface area (Å²) in [6, 6.07) is 9.05. The van der Waals surface area contributed by atoms with Crippen molar-refractivity contribution in [3.63, 3.8) is 0 Å². The highest BCUT2D eigenvalue weighted by Crippen LogP contribution is 2.19. The van der Waals surface area contributed by atoms with E-state index >= 15 is 0 Å². The summed E-state index contributed by atoms with van der Waals surface area (Å²) in [6.45, 7) is 3.84. The van der Waals surface area contributed by atoms with Gasteiger partial charge in [0, 0.05) is 7.05 Å². The molecule has 0 bridgehead atoms. The van der Waals surface area contributed by atoms with Crippen molar-refractivity contribution in [1.29, 1.82) is 0 Å². The van der Waals surface area contributed by atoms with E-state index in [1.54, 1.807) is 13.0 Å². The SMILES string of the molecule is C/C(=N\Nc1nc2cc(C)ccc2n1C)c1ccc(F)cn1. The lowest BCUT2D eigenvalue weighted by molar-refractivity contribution is 0.621. The van der Waals surface area contributed by atoms with Crippen molar-refractivity contribution in [2.24, 2.45) is 12.1 Å². The topological polar surface area (TPSA) is 55.1 Å². The molecular weight excluding hydrogens is 281 g/mol. The Balaban J connectivity index is 1.88. The van der Waals surface area contributed by atoms with E-state index in [4.69, 9.17) is 0 Å². The van der Waals surface area contributed by atoms with Gasteiger partial charge in [0.2, 0.25) is 5.95 Å². The third-order valence-corrected chi connectivity index (χ3v) is 3.46. The standard InChI is InChI=1S/C16H16FN5/c1-10-4-7-15-14(8-10)19-16(22(15)3)21-20-11(2)13-6-5-12(17)9-18-13/h4-9H,1-3H3,(H,19,21)/b20-11+. The maximum absolute atomic E-state index is 12.9. The van der Waals surface area contributed by atoms with E-state index in [2.05, 4.69) is 20.5 Å². The molecule has 1 aromatic carbocycles. The number of hydrogen-bond donors (Lipinski definition) is 1. The molecule has 0 aliphatic heterocycles. The Morgan fingerprint density at radius 3 is 2.82 bits per heavy atom. The quantitative estimate of drug-likeness (QED) is 0.596. The summed E-state index contributed by atoms with van der Waals surface area (Å²) >= 11 is 0. The summed E-state index contributed by atoms with van der Waals surface area (Å²) in [4.78, 5) is 8.51. The number of aryl methyl sites for hydroxylation is 2. The first-order valence-corrected chi connectivity index (χ1v) is 6.90. The molecule has 0 spiro atoms. The highest BCUT2D eigenvalue weighted by atomic mass is 19.1. The van der Waals surface area contributed by atoms with Crippen molar-refractivity contribution in [1.82, 2.24) is 14.5 Å². The first-order chi connectivity index (χ1) is 10.5. The number of benzene rings is 1. The predicted octanol–water partition coefficient (Wildman–Crippen LogP) is 3.25. The van der Waals surface area contributed by atoms with Crippen molar-refractivity contribution < 1.29 is 4.39 Å². The van der Waals surface area contributed by atoms with Crippen LogP contribution in [0.3, 0.4) is 0 Å². The minimum Gasteiger partial charge on any atom is -0.312 e. The van der Waals surface area contributed by atoms with Gasteiger partial charge in [-0.3, -0.25) is 4.98 Å². The predicted molar refractivity (Wildman–Crippen MR) is 85.5 cm³/mol. The van der Waals surface area contributed by atoms with E-state index < -0.39 is 0 Å². The van der Waals surface area contributed by atoms with Crippen molar-refractivity contribution >= 4 is 22.7 Å². The zero-order valence-corrected chi connectivity index (χ0v) is 12.6. The van der Waals surface area contributed by atoms with Crippen molar-refractivity contribution in [2.45, 2.75) is 13.8 Å². The summed E-state index contributed by atoms with van der Waals surface area (Å²) in [5, 5.41) is 4.27. The summed E-state index contributed by atoms with van der Waals surface area (Å²) in [7, 11) is 1.92. The lowest BCUT2D eigenvalue weighted by atomic mass is 10.2. The average Bonchev–Trinajstić information content (AvgIpc) is 2.81. The number of nitrogens with zero attached hydrogens (tertiary/aromatic N) is 4. The monoisotopic (exact) mass is 297 g/mol. The van der Waals surface area contributed by atoms with Crippen LogP contribution in [0.15, 0.2) is 41.6 Å². The van der Waals surface area contributed by atoms with E-state index in [1.807, 2.05) is 36.7 Å². The van der Waals surface area contributed by atoms with Crippen LogP contribution in [-0.4, -0.2) is 20.2 Å². The summed E-state index contributed by atoms with van der Waals surface area (Å²) in [5.74, 6) is 0.275. The Morgan fingerprint density at radius 2 is 2.09 bits per heavy atom. The van der Waals surface area contributed by atoms with E-state index in [9.17, 15) is 4.39 Å². The van der Waals surface area contributed by atoms with Gasteiger partial charge < -0.3 is 4.57 Å². The van der Waals surface area contributed by atoms with Crippen LogP contribution in [0.25, 0.3) is 11.0 Å². The number of imidazole rings is 1. The number of anilines is 1. The molecule has 3 rings (SSSR count). The maximum Gasteiger partial charge on any atom is 0.224 e. The molecule has 1 N–H and O–H groups in total. The van der Waals surface area contributed by atoms with Crippen LogP contribution in [-0.2, 0) is 7.05 Å². The number of fused-ring (bicyclic) bond motifs is 1. The molecule has 0 aliphatic rings. The Morgan fingerprint density at radius 1 is 1.27 bits per heavy atom. The van der Waals surface area contributed by atoms with Crippen molar-refractivity contribution in [3.05, 3.63) is 53.6 Å². The van der Waals surface area contributed by atoms with Gasteiger partial charge in [0.05, 0.1) is 28.6 Å². The molecule has 22 heavy (non-hydrogen) atoms. The van der Waals surface area contributed by atoms with Crippen LogP contribution in [0.2, 0.25) is 0 Å². The average molecular weight is 297 g/mol. The summed E-state index contributed by atoms with van der Waals surface area (Å²) < 4.78 is 14.8. The first kappa shape index (κ1) is 14.2. The second kappa shape index (κ2) is 5.55. The third kappa shape index (κ3) is 2.67. The minimum absolute atomic E-state index is 0.366. The molecule has 3 aromatic rings. The number of aromatic nitrogens is 3. The number of nitrogens with one attached hydrogen (secondary N) is 1. The molecule has 0 radical (unpaired) electrons. The smallest absolute Gasteiger partial charge is 0.224 e. The number of rotatable bonds is 3. The normalized spacial score (nSPS) is 11.9. The summed E-state index contributed by atoms with van der Waals surface area (Å²) in [5.41, 5.74) is 7.31. The zero-order valence-electron chi connectivity index (χ0n) is 12.6. The van der Waals surface area contributed by atoms with Crippen LogP contribution in [0.1, 0.15) is 18.2 Å². The third-order valence-electron chi connectivity index (χ3n) is 3.46. The molecule has 5 nitrogen and oxygen atoms in total. The van der Waals surface area contributed by atoms with Gasteiger partial charge in [-0.2, -0.15) is 5.10 Å². The largest absolute Gasteiger partial charge is 0.312 e. The Bertz CT molecular complexity index is 849. The van der Waals surface area contributed by atoms with Gasteiger partial charge in [0.1, 0.15) is 5.82 Å². The first-order valence-electron chi connectivity index (χ1n) is 6.90.